The summed E-state index contributed by atoms with van der Waals surface area (Å²) in [6.45, 7) is 4.09. The van der Waals surface area contributed by atoms with Gasteiger partial charge in [0.25, 0.3) is 0 Å². The van der Waals surface area contributed by atoms with Crippen LogP contribution in [0.5, 0.6) is 11.5 Å². The summed E-state index contributed by atoms with van der Waals surface area (Å²) in [4.78, 5) is 25.4. The van der Waals surface area contributed by atoms with Crippen LogP contribution < -0.4 is 19.7 Å². The van der Waals surface area contributed by atoms with Crippen LogP contribution in [0.25, 0.3) is 0 Å². The van der Waals surface area contributed by atoms with Gasteiger partial charge in [0.2, 0.25) is 11.8 Å². The Morgan fingerprint density at radius 2 is 1.91 bits per heavy atom. The molecule has 0 radical (unpaired) electrons. The second-order valence-electron chi connectivity index (χ2n) is 5.20. The Hall–Kier alpha value is -2.24. The van der Waals surface area contributed by atoms with Gasteiger partial charge in [0.1, 0.15) is 18.0 Å². The highest BCUT2D eigenvalue weighted by atomic mass is 16.5. The number of amides is 2. The molecule has 1 aromatic carbocycles. The van der Waals surface area contributed by atoms with Crippen LogP contribution >= 0.6 is 0 Å². The summed E-state index contributed by atoms with van der Waals surface area (Å²) in [6.07, 6.45) is 3.10. The largest absolute Gasteiger partial charge is 0.497 e. The van der Waals surface area contributed by atoms with Crippen molar-refractivity contribution < 1.29 is 19.1 Å². The average Bonchev–Trinajstić information content (AvgIpc) is 2.55. The van der Waals surface area contributed by atoms with Crippen LogP contribution in [-0.4, -0.2) is 39.1 Å². The number of carbonyl (C=O) groups is 2. The van der Waals surface area contributed by atoms with E-state index in [0.717, 1.165) is 19.3 Å². The Morgan fingerprint density at radius 1 is 1.17 bits per heavy atom. The summed E-state index contributed by atoms with van der Waals surface area (Å²) in [5.74, 6) is 0.677. The van der Waals surface area contributed by atoms with Gasteiger partial charge in [-0.15, -0.1) is 0 Å². The van der Waals surface area contributed by atoms with E-state index in [1.165, 1.54) is 18.9 Å². The summed E-state index contributed by atoms with van der Waals surface area (Å²) in [5.41, 5.74) is 0.517. The number of nitrogens with one attached hydrogen (secondary N) is 1. The molecule has 0 saturated heterocycles. The number of ether oxygens (including phenoxy) is 2. The first-order chi connectivity index (χ1) is 11.0. The van der Waals surface area contributed by atoms with Gasteiger partial charge in [-0.1, -0.05) is 19.8 Å². The van der Waals surface area contributed by atoms with Crippen molar-refractivity contribution >= 4 is 17.5 Å². The first-order valence-electron chi connectivity index (χ1n) is 7.80. The normalized spacial score (nSPS) is 10.1. The molecule has 23 heavy (non-hydrogen) atoms. The number of hydrogen-bond donors (Lipinski definition) is 1. The van der Waals surface area contributed by atoms with Crippen molar-refractivity contribution in [3.8, 4) is 11.5 Å². The number of rotatable bonds is 9. The van der Waals surface area contributed by atoms with Crippen LogP contribution in [0.2, 0.25) is 0 Å². The fourth-order valence-corrected chi connectivity index (χ4v) is 2.18. The smallest absolute Gasteiger partial charge is 0.240 e. The highest BCUT2D eigenvalue weighted by Crippen LogP contribution is 2.32. The molecule has 1 N–H and O–H groups in total. The van der Waals surface area contributed by atoms with Gasteiger partial charge >= 0.3 is 0 Å². The molecule has 0 aliphatic rings. The first-order valence-corrected chi connectivity index (χ1v) is 7.80. The Morgan fingerprint density at radius 3 is 2.48 bits per heavy atom. The number of anilines is 1. The number of methoxy groups -OCH3 is 2. The standard InChI is InChI=1S/C17H26N2O4/c1-5-6-7-10-18-17(21)12-19(13(2)20)15-11-14(22-3)8-9-16(15)23-4/h8-9,11H,5-7,10,12H2,1-4H3,(H,18,21). The maximum absolute atomic E-state index is 12.1. The molecule has 0 aliphatic heterocycles. The third-order valence-electron chi connectivity index (χ3n) is 3.46. The van der Waals surface area contributed by atoms with E-state index in [4.69, 9.17) is 9.47 Å². The maximum Gasteiger partial charge on any atom is 0.240 e. The minimum Gasteiger partial charge on any atom is -0.497 e. The summed E-state index contributed by atoms with van der Waals surface area (Å²) in [5, 5.41) is 2.83. The summed E-state index contributed by atoms with van der Waals surface area (Å²) >= 11 is 0. The summed E-state index contributed by atoms with van der Waals surface area (Å²) in [6, 6.07) is 5.14. The number of benzene rings is 1. The number of hydrogen-bond acceptors (Lipinski definition) is 4. The Balaban J connectivity index is 2.86. The Bertz CT molecular complexity index is 531. The predicted octanol–water partition coefficient (Wildman–Crippen LogP) is 2.36. The minimum atomic E-state index is -0.236. The molecule has 0 aromatic heterocycles. The van der Waals surface area contributed by atoms with Crippen LogP contribution in [0, 0.1) is 0 Å². The molecule has 0 heterocycles. The zero-order valence-electron chi connectivity index (χ0n) is 14.3. The van der Waals surface area contributed by atoms with Crippen LogP contribution in [0.4, 0.5) is 5.69 Å². The second-order valence-corrected chi connectivity index (χ2v) is 5.20. The molecule has 6 nitrogen and oxygen atoms in total. The molecule has 1 aromatic rings. The van der Waals surface area contributed by atoms with E-state index in [9.17, 15) is 9.59 Å². The van der Waals surface area contributed by atoms with Crippen LogP contribution in [0.1, 0.15) is 33.1 Å². The topological polar surface area (TPSA) is 67.9 Å². The summed E-state index contributed by atoms with van der Waals surface area (Å²) < 4.78 is 10.5. The van der Waals surface area contributed by atoms with Crippen molar-refractivity contribution in [2.45, 2.75) is 33.1 Å². The number of unbranched alkanes of at least 4 members (excludes halogenated alkanes) is 2. The van der Waals surface area contributed by atoms with E-state index in [-0.39, 0.29) is 18.4 Å². The monoisotopic (exact) mass is 322 g/mol. The molecule has 0 saturated carbocycles. The first kappa shape index (κ1) is 18.8. The molecular formula is C17H26N2O4. The lowest BCUT2D eigenvalue weighted by molar-refractivity contribution is -0.123. The van der Waals surface area contributed by atoms with Gasteiger partial charge in [0.15, 0.2) is 0 Å². The molecule has 6 heteroatoms. The van der Waals surface area contributed by atoms with E-state index >= 15 is 0 Å². The molecule has 1 rings (SSSR count). The molecular weight excluding hydrogens is 296 g/mol. The summed E-state index contributed by atoms with van der Waals surface area (Å²) in [7, 11) is 3.07. The lowest BCUT2D eigenvalue weighted by atomic mass is 10.2. The van der Waals surface area contributed by atoms with Gasteiger partial charge in [0, 0.05) is 19.5 Å². The van der Waals surface area contributed by atoms with Crippen molar-refractivity contribution in [1.29, 1.82) is 0 Å². The lowest BCUT2D eigenvalue weighted by Crippen LogP contribution is -2.40. The van der Waals surface area contributed by atoms with Gasteiger partial charge in [0.05, 0.1) is 19.9 Å². The quantitative estimate of drug-likeness (QED) is 0.709. The highest BCUT2D eigenvalue weighted by Gasteiger charge is 2.20. The Kier molecular flexibility index (Phi) is 7.94. The molecule has 0 fully saturated rings. The average molecular weight is 322 g/mol. The predicted molar refractivity (Wildman–Crippen MR) is 90.1 cm³/mol. The molecule has 0 bridgehead atoms. The van der Waals surface area contributed by atoms with Gasteiger partial charge in [-0.25, -0.2) is 0 Å². The molecule has 0 atom stereocenters. The van der Waals surface area contributed by atoms with Crippen molar-refractivity contribution in [1.82, 2.24) is 5.32 Å². The fraction of sp³-hybridized carbons (Fsp3) is 0.529. The molecule has 0 spiro atoms. The molecule has 2 amide bonds. The van der Waals surface area contributed by atoms with E-state index in [1.807, 2.05) is 0 Å². The van der Waals surface area contributed by atoms with Crippen LogP contribution in [0.3, 0.4) is 0 Å². The third kappa shape index (κ3) is 5.81. The molecule has 0 aliphatic carbocycles. The minimum absolute atomic E-state index is 0.0506. The third-order valence-corrected chi connectivity index (χ3v) is 3.46. The Labute approximate surface area is 137 Å². The van der Waals surface area contributed by atoms with E-state index in [1.54, 1.807) is 25.3 Å². The van der Waals surface area contributed by atoms with Crippen molar-refractivity contribution in [2.75, 3.05) is 32.2 Å². The highest BCUT2D eigenvalue weighted by molar-refractivity contribution is 5.98. The zero-order chi connectivity index (χ0) is 17.2. The zero-order valence-corrected chi connectivity index (χ0v) is 14.3. The van der Waals surface area contributed by atoms with Crippen LogP contribution in [-0.2, 0) is 9.59 Å². The maximum atomic E-state index is 12.1. The lowest BCUT2D eigenvalue weighted by Gasteiger charge is -2.23. The van der Waals surface area contributed by atoms with Gasteiger partial charge in [-0.05, 0) is 18.6 Å². The molecule has 0 unspecified atom stereocenters. The molecule has 128 valence electrons. The fourth-order valence-electron chi connectivity index (χ4n) is 2.18. The number of carbonyl (C=O) groups excluding carboxylic acids is 2. The van der Waals surface area contributed by atoms with Gasteiger partial charge in [-0.3, -0.25) is 14.5 Å². The van der Waals surface area contributed by atoms with Crippen molar-refractivity contribution in [3.05, 3.63) is 18.2 Å². The second kappa shape index (κ2) is 9.71. The van der Waals surface area contributed by atoms with Crippen molar-refractivity contribution in [2.24, 2.45) is 0 Å². The van der Waals surface area contributed by atoms with Gasteiger partial charge in [-0.2, -0.15) is 0 Å². The van der Waals surface area contributed by atoms with Crippen molar-refractivity contribution in [3.63, 3.8) is 0 Å². The van der Waals surface area contributed by atoms with E-state index in [0.29, 0.717) is 23.7 Å². The number of nitrogens with zero attached hydrogens (tertiary/aromatic N) is 1. The SMILES string of the molecule is CCCCCNC(=O)CN(C(C)=O)c1cc(OC)ccc1OC. The van der Waals surface area contributed by atoms with E-state index < -0.39 is 0 Å². The van der Waals surface area contributed by atoms with Gasteiger partial charge < -0.3 is 14.8 Å². The van der Waals surface area contributed by atoms with E-state index in [2.05, 4.69) is 12.2 Å². The van der Waals surface area contributed by atoms with Crippen LogP contribution in [0.15, 0.2) is 18.2 Å².